The fourth-order valence-electron chi connectivity index (χ4n) is 1.40. The van der Waals surface area contributed by atoms with Crippen LogP contribution in [0.4, 0.5) is 0 Å². The first-order valence-electron chi connectivity index (χ1n) is 5.74. The number of likely N-dealkylation sites (N-methyl/N-ethyl adjacent to an activating group) is 1. The van der Waals surface area contributed by atoms with E-state index in [2.05, 4.69) is 38.1 Å². The third-order valence-electron chi connectivity index (χ3n) is 2.25. The van der Waals surface area contributed by atoms with Crippen LogP contribution in [0, 0.1) is 0 Å². The first-order valence-corrected chi connectivity index (χ1v) is 6.73. The minimum Gasteiger partial charge on any atom is -0.315 e. The molecule has 0 aliphatic carbocycles. The molecule has 2 rings (SSSR count). The summed E-state index contributed by atoms with van der Waals surface area (Å²) >= 11 is 1.56. The number of aromatic nitrogens is 7. The molecule has 0 atom stereocenters. The highest BCUT2D eigenvalue weighted by Gasteiger charge is 2.08. The van der Waals surface area contributed by atoms with E-state index in [0.29, 0.717) is 0 Å². The second kappa shape index (κ2) is 6.45. The molecule has 2 aromatic heterocycles. The number of aryl methyl sites for hydroxylation is 1. The zero-order valence-electron chi connectivity index (χ0n) is 10.4. The van der Waals surface area contributed by atoms with Crippen molar-refractivity contribution in [2.45, 2.75) is 24.4 Å². The van der Waals surface area contributed by atoms with Crippen molar-refractivity contribution in [1.82, 2.24) is 40.5 Å². The minimum absolute atomic E-state index is 0.718. The summed E-state index contributed by atoms with van der Waals surface area (Å²) in [6, 6.07) is 0. The molecule has 0 radical (unpaired) electrons. The Morgan fingerprint density at radius 2 is 2.22 bits per heavy atom. The van der Waals surface area contributed by atoms with Crippen LogP contribution in [0.5, 0.6) is 0 Å². The van der Waals surface area contributed by atoms with Crippen LogP contribution in [-0.2, 0) is 19.3 Å². The van der Waals surface area contributed by atoms with Crippen molar-refractivity contribution in [3.63, 3.8) is 0 Å². The van der Waals surface area contributed by atoms with Gasteiger partial charge in [-0.2, -0.15) is 0 Å². The van der Waals surface area contributed by atoms with Crippen molar-refractivity contribution >= 4 is 11.8 Å². The predicted molar refractivity (Wildman–Crippen MR) is 66.9 cm³/mol. The van der Waals surface area contributed by atoms with Crippen LogP contribution < -0.4 is 5.32 Å². The molecule has 18 heavy (non-hydrogen) atoms. The average molecular weight is 268 g/mol. The quantitative estimate of drug-likeness (QED) is 0.545. The van der Waals surface area contributed by atoms with Crippen molar-refractivity contribution in [3.05, 3.63) is 11.9 Å². The second-order valence-corrected chi connectivity index (χ2v) is 4.65. The van der Waals surface area contributed by atoms with Gasteiger partial charge in [-0.15, -0.1) is 10.2 Å². The van der Waals surface area contributed by atoms with Gasteiger partial charge >= 0.3 is 0 Å². The van der Waals surface area contributed by atoms with E-state index >= 15 is 0 Å². The van der Waals surface area contributed by atoms with Crippen molar-refractivity contribution in [3.8, 4) is 0 Å². The first kappa shape index (κ1) is 13.0. The lowest BCUT2D eigenvalue weighted by atomic mass is 10.6. The van der Waals surface area contributed by atoms with Crippen molar-refractivity contribution in [1.29, 1.82) is 0 Å². The van der Waals surface area contributed by atoms with Gasteiger partial charge in [0.25, 0.3) is 0 Å². The monoisotopic (exact) mass is 268 g/mol. The molecule has 0 aliphatic rings. The molecular formula is C9H16N8S. The van der Waals surface area contributed by atoms with Crippen LogP contribution in [-0.4, -0.2) is 48.3 Å². The van der Waals surface area contributed by atoms with Crippen LogP contribution in [0.15, 0.2) is 11.4 Å². The molecule has 0 fully saturated rings. The molecular weight excluding hydrogens is 252 g/mol. The molecule has 8 nitrogen and oxygen atoms in total. The summed E-state index contributed by atoms with van der Waals surface area (Å²) in [6.45, 7) is 4.65. The van der Waals surface area contributed by atoms with Crippen molar-refractivity contribution in [2.75, 3.05) is 13.1 Å². The summed E-state index contributed by atoms with van der Waals surface area (Å²) in [6.07, 6.45) is 1.89. The zero-order valence-corrected chi connectivity index (χ0v) is 11.3. The molecule has 0 amide bonds. The van der Waals surface area contributed by atoms with Gasteiger partial charge in [0, 0.05) is 25.5 Å². The first-order chi connectivity index (χ1) is 8.79. The maximum Gasteiger partial charge on any atom is 0.209 e. The van der Waals surface area contributed by atoms with E-state index in [1.165, 1.54) is 0 Å². The number of hydrogen-bond acceptors (Lipinski definition) is 7. The van der Waals surface area contributed by atoms with Gasteiger partial charge < -0.3 is 5.32 Å². The number of nitrogens with zero attached hydrogens (tertiary/aromatic N) is 7. The number of nitrogens with one attached hydrogen (secondary N) is 1. The highest BCUT2D eigenvalue weighted by molar-refractivity contribution is 7.98. The van der Waals surface area contributed by atoms with E-state index in [1.54, 1.807) is 21.1 Å². The molecule has 0 saturated carbocycles. The van der Waals surface area contributed by atoms with Gasteiger partial charge in [0.2, 0.25) is 5.16 Å². The van der Waals surface area contributed by atoms with E-state index in [-0.39, 0.29) is 0 Å². The molecule has 0 spiro atoms. The SMILES string of the molecule is CCNCCn1nnnc1SCc1cn(C)nn1. The van der Waals surface area contributed by atoms with E-state index in [4.69, 9.17) is 0 Å². The minimum atomic E-state index is 0.718. The van der Waals surface area contributed by atoms with E-state index < -0.39 is 0 Å². The highest BCUT2D eigenvalue weighted by atomic mass is 32.2. The summed E-state index contributed by atoms with van der Waals surface area (Å²) in [5.41, 5.74) is 0.920. The van der Waals surface area contributed by atoms with Crippen LogP contribution in [0.1, 0.15) is 12.6 Å². The maximum absolute atomic E-state index is 4.02. The van der Waals surface area contributed by atoms with Gasteiger partial charge in [-0.1, -0.05) is 23.9 Å². The Hall–Kier alpha value is -1.48. The Kier molecular flexibility index (Phi) is 4.65. The molecule has 0 aromatic carbocycles. The Morgan fingerprint density at radius 3 is 2.94 bits per heavy atom. The largest absolute Gasteiger partial charge is 0.315 e. The van der Waals surface area contributed by atoms with Crippen LogP contribution in [0.2, 0.25) is 0 Å². The molecule has 0 aliphatic heterocycles. The summed E-state index contributed by atoms with van der Waals surface area (Å²) in [5.74, 6) is 0.718. The Balaban J connectivity index is 1.87. The van der Waals surface area contributed by atoms with Gasteiger partial charge in [0.15, 0.2) is 0 Å². The predicted octanol–water partition coefficient (Wildman–Crippen LogP) is -0.297. The second-order valence-electron chi connectivity index (χ2n) is 3.71. The van der Waals surface area contributed by atoms with Crippen molar-refractivity contribution < 1.29 is 0 Å². The molecule has 98 valence electrons. The molecule has 9 heteroatoms. The molecule has 1 N–H and O–H groups in total. The fraction of sp³-hybridized carbons (Fsp3) is 0.667. The Bertz CT molecular complexity index is 478. The van der Waals surface area contributed by atoms with E-state index in [1.807, 2.05) is 13.2 Å². The standard InChI is InChI=1S/C9H16N8S/c1-3-10-4-5-17-9(12-13-15-17)18-7-8-6-16(2)14-11-8/h6,10H,3-5,7H2,1-2H3. The van der Waals surface area contributed by atoms with Crippen LogP contribution in [0.3, 0.4) is 0 Å². The van der Waals surface area contributed by atoms with Gasteiger partial charge in [-0.25, -0.2) is 4.68 Å². The summed E-state index contributed by atoms with van der Waals surface area (Å²) < 4.78 is 3.48. The number of tetrazole rings is 1. The molecule has 0 saturated heterocycles. The average Bonchev–Trinajstić information content (AvgIpc) is 2.96. The van der Waals surface area contributed by atoms with Crippen LogP contribution >= 0.6 is 11.8 Å². The topological polar surface area (TPSA) is 86.3 Å². The van der Waals surface area contributed by atoms with Gasteiger partial charge in [-0.3, -0.25) is 4.68 Å². The van der Waals surface area contributed by atoms with E-state index in [9.17, 15) is 0 Å². The van der Waals surface area contributed by atoms with Gasteiger partial charge in [0.05, 0.1) is 12.2 Å². The Morgan fingerprint density at radius 1 is 1.33 bits per heavy atom. The lowest BCUT2D eigenvalue weighted by Gasteiger charge is -2.03. The zero-order chi connectivity index (χ0) is 12.8. The lowest BCUT2D eigenvalue weighted by Crippen LogP contribution is -2.20. The third-order valence-corrected chi connectivity index (χ3v) is 3.24. The molecule has 2 aromatic rings. The molecule has 2 heterocycles. The summed E-state index contributed by atoms with van der Waals surface area (Å²) in [5, 5.41) is 23.6. The van der Waals surface area contributed by atoms with Crippen molar-refractivity contribution in [2.24, 2.45) is 7.05 Å². The maximum atomic E-state index is 4.02. The smallest absolute Gasteiger partial charge is 0.209 e. The van der Waals surface area contributed by atoms with Gasteiger partial charge in [-0.05, 0) is 17.0 Å². The van der Waals surface area contributed by atoms with Gasteiger partial charge in [0.1, 0.15) is 0 Å². The van der Waals surface area contributed by atoms with Crippen LogP contribution in [0.25, 0.3) is 0 Å². The number of thioether (sulfide) groups is 1. The third kappa shape index (κ3) is 3.50. The number of hydrogen-bond donors (Lipinski definition) is 1. The normalized spacial score (nSPS) is 11.0. The summed E-state index contributed by atoms with van der Waals surface area (Å²) in [4.78, 5) is 0. The lowest BCUT2D eigenvalue weighted by molar-refractivity contribution is 0.517. The Labute approximate surface area is 109 Å². The molecule has 0 unspecified atom stereocenters. The number of rotatable bonds is 7. The summed E-state index contributed by atoms with van der Waals surface area (Å²) in [7, 11) is 1.85. The fourth-order valence-corrected chi connectivity index (χ4v) is 2.18. The molecule has 0 bridgehead atoms. The highest BCUT2D eigenvalue weighted by Crippen LogP contribution is 2.17. The van der Waals surface area contributed by atoms with E-state index in [0.717, 1.165) is 36.2 Å².